The number of aromatic nitrogens is 1. The second-order valence-corrected chi connectivity index (χ2v) is 5.52. The van der Waals surface area contributed by atoms with Gasteiger partial charge in [0, 0.05) is 21.9 Å². The molecular weight excluding hydrogens is 304 g/mol. The van der Waals surface area contributed by atoms with Crippen LogP contribution in [0.25, 0.3) is 32.9 Å². The number of aldehydes is 1. The zero-order chi connectivity index (χ0) is 16.7. The molecule has 0 spiro atoms. The number of aromatic amines is 1. The highest BCUT2D eigenvalue weighted by molar-refractivity contribution is 6.15. The van der Waals surface area contributed by atoms with Crippen molar-refractivity contribution in [3.05, 3.63) is 76.3 Å². The average Bonchev–Trinajstić information content (AvgIpc) is 2.98. The van der Waals surface area contributed by atoms with E-state index in [1.807, 2.05) is 30.3 Å². The summed E-state index contributed by atoms with van der Waals surface area (Å²) in [6, 6.07) is 18.2. The largest absolute Gasteiger partial charge is 0.349 e. The Hall–Kier alpha value is -3.47. The molecule has 5 heteroatoms. The molecule has 1 heterocycles. The van der Waals surface area contributed by atoms with Crippen molar-refractivity contribution in [2.24, 2.45) is 0 Å². The van der Waals surface area contributed by atoms with E-state index in [-0.39, 0.29) is 5.69 Å². The van der Waals surface area contributed by atoms with Gasteiger partial charge in [-0.25, -0.2) is 0 Å². The molecule has 5 nitrogen and oxygen atoms in total. The number of nitro benzene ring substituents is 1. The molecule has 0 amide bonds. The summed E-state index contributed by atoms with van der Waals surface area (Å²) in [5.74, 6) is 0. The number of carbonyl (C=O) groups is 1. The first-order valence-corrected chi connectivity index (χ1v) is 7.43. The number of hydrogen-bond donors (Lipinski definition) is 1. The molecule has 116 valence electrons. The molecule has 1 aromatic heterocycles. The Morgan fingerprint density at radius 1 is 0.958 bits per heavy atom. The summed E-state index contributed by atoms with van der Waals surface area (Å²) in [5.41, 5.74) is 2.46. The Kier molecular flexibility index (Phi) is 3.13. The van der Waals surface area contributed by atoms with Crippen LogP contribution < -0.4 is 0 Å². The van der Waals surface area contributed by atoms with Gasteiger partial charge >= 0.3 is 5.69 Å². The maximum atomic E-state index is 11.8. The molecule has 0 fully saturated rings. The highest BCUT2D eigenvalue weighted by Gasteiger charge is 2.26. The van der Waals surface area contributed by atoms with Gasteiger partial charge in [-0.1, -0.05) is 48.5 Å². The zero-order valence-corrected chi connectivity index (χ0v) is 12.5. The van der Waals surface area contributed by atoms with E-state index in [0.717, 1.165) is 10.9 Å². The first-order valence-electron chi connectivity index (χ1n) is 7.43. The average molecular weight is 316 g/mol. The Labute approximate surface area is 136 Å². The van der Waals surface area contributed by atoms with Crippen molar-refractivity contribution in [1.29, 1.82) is 0 Å². The second-order valence-electron chi connectivity index (χ2n) is 5.52. The number of H-pyrrole nitrogens is 1. The number of carbonyl (C=O) groups excluding carboxylic acids is 1. The Morgan fingerprint density at radius 3 is 2.38 bits per heavy atom. The van der Waals surface area contributed by atoms with E-state index in [2.05, 4.69) is 4.98 Å². The van der Waals surface area contributed by atoms with Gasteiger partial charge in [-0.15, -0.1) is 0 Å². The van der Waals surface area contributed by atoms with Crippen LogP contribution in [0.1, 0.15) is 10.4 Å². The minimum absolute atomic E-state index is 0.0722. The molecule has 24 heavy (non-hydrogen) atoms. The standard InChI is InChI=1S/C19H12N2O3/c22-11-13-10-15-14-8-4-5-9-16(14)20-18(15)19(21(23)24)17(13)12-6-2-1-3-7-12/h1-11,20H. The van der Waals surface area contributed by atoms with Gasteiger partial charge in [0.1, 0.15) is 5.52 Å². The Balaban J connectivity index is 2.23. The summed E-state index contributed by atoms with van der Waals surface area (Å²) in [7, 11) is 0. The molecule has 0 aliphatic heterocycles. The number of para-hydroxylation sites is 1. The number of benzene rings is 3. The van der Waals surface area contributed by atoms with Crippen LogP contribution in [0.3, 0.4) is 0 Å². The van der Waals surface area contributed by atoms with Crippen LogP contribution in [-0.2, 0) is 0 Å². The second kappa shape index (κ2) is 5.31. The van der Waals surface area contributed by atoms with Gasteiger partial charge in [0.2, 0.25) is 0 Å². The molecule has 0 atom stereocenters. The fraction of sp³-hybridized carbons (Fsp3) is 0. The van der Waals surface area contributed by atoms with E-state index in [4.69, 9.17) is 0 Å². The third-order valence-corrected chi connectivity index (χ3v) is 4.18. The highest BCUT2D eigenvalue weighted by Crippen LogP contribution is 2.41. The lowest BCUT2D eigenvalue weighted by Gasteiger charge is -2.08. The molecule has 0 saturated heterocycles. The van der Waals surface area contributed by atoms with E-state index in [0.29, 0.717) is 33.9 Å². The molecule has 1 N–H and O–H groups in total. The molecule has 4 aromatic rings. The lowest BCUT2D eigenvalue weighted by molar-refractivity contribution is -0.382. The van der Waals surface area contributed by atoms with Crippen LogP contribution in [0, 0.1) is 10.1 Å². The van der Waals surface area contributed by atoms with Crippen LogP contribution in [-0.4, -0.2) is 16.2 Å². The van der Waals surface area contributed by atoms with Crippen molar-refractivity contribution >= 4 is 33.8 Å². The molecule has 0 aliphatic carbocycles. The van der Waals surface area contributed by atoms with E-state index in [1.54, 1.807) is 30.3 Å². The smallest absolute Gasteiger partial charge is 0.301 e. The summed E-state index contributed by atoms with van der Waals surface area (Å²) in [4.78, 5) is 26.2. The van der Waals surface area contributed by atoms with Crippen molar-refractivity contribution in [2.45, 2.75) is 0 Å². The fourth-order valence-corrected chi connectivity index (χ4v) is 3.17. The van der Waals surface area contributed by atoms with Crippen molar-refractivity contribution < 1.29 is 9.72 Å². The van der Waals surface area contributed by atoms with Crippen molar-refractivity contribution in [3.63, 3.8) is 0 Å². The first kappa shape index (κ1) is 14.1. The number of nitrogens with one attached hydrogen (secondary N) is 1. The molecule has 0 radical (unpaired) electrons. The summed E-state index contributed by atoms with van der Waals surface area (Å²) in [5, 5.41) is 13.4. The lowest BCUT2D eigenvalue weighted by atomic mass is 9.95. The number of nitrogens with zero attached hydrogens (tertiary/aromatic N) is 1. The fourth-order valence-electron chi connectivity index (χ4n) is 3.17. The van der Waals surface area contributed by atoms with E-state index < -0.39 is 4.92 Å². The van der Waals surface area contributed by atoms with Gasteiger partial charge in [-0.3, -0.25) is 14.9 Å². The zero-order valence-electron chi connectivity index (χ0n) is 12.5. The molecule has 0 saturated carbocycles. The maximum absolute atomic E-state index is 11.8. The van der Waals surface area contributed by atoms with Gasteiger partial charge < -0.3 is 4.98 Å². The number of nitro groups is 1. The Morgan fingerprint density at radius 2 is 1.67 bits per heavy atom. The summed E-state index contributed by atoms with van der Waals surface area (Å²) < 4.78 is 0. The summed E-state index contributed by atoms with van der Waals surface area (Å²) in [6.45, 7) is 0. The van der Waals surface area contributed by atoms with Crippen LogP contribution in [0.4, 0.5) is 5.69 Å². The normalized spacial score (nSPS) is 11.0. The van der Waals surface area contributed by atoms with Gasteiger partial charge in [-0.2, -0.15) is 0 Å². The lowest BCUT2D eigenvalue weighted by Crippen LogP contribution is -1.98. The number of hydrogen-bond acceptors (Lipinski definition) is 3. The summed E-state index contributed by atoms with van der Waals surface area (Å²) >= 11 is 0. The van der Waals surface area contributed by atoms with Gasteiger partial charge in [0.25, 0.3) is 0 Å². The Bertz CT molecular complexity index is 1100. The van der Waals surface area contributed by atoms with Crippen molar-refractivity contribution in [1.82, 2.24) is 4.98 Å². The maximum Gasteiger partial charge on any atom is 0.301 e. The third-order valence-electron chi connectivity index (χ3n) is 4.18. The predicted octanol–water partition coefficient (Wildman–Crippen LogP) is 4.71. The SMILES string of the molecule is O=Cc1cc2c([nH]c3ccccc32)c([N+](=O)[O-])c1-c1ccccc1. The monoisotopic (exact) mass is 316 g/mol. The third kappa shape index (κ3) is 1.99. The van der Waals surface area contributed by atoms with Gasteiger partial charge in [0.05, 0.1) is 10.5 Å². The predicted molar refractivity (Wildman–Crippen MR) is 93.3 cm³/mol. The van der Waals surface area contributed by atoms with Crippen LogP contribution in [0.15, 0.2) is 60.7 Å². The molecule has 0 aliphatic rings. The minimum Gasteiger partial charge on any atom is -0.349 e. The highest BCUT2D eigenvalue weighted by atomic mass is 16.6. The summed E-state index contributed by atoms with van der Waals surface area (Å²) in [6.07, 6.45) is 0.677. The number of rotatable bonds is 3. The van der Waals surface area contributed by atoms with E-state index in [1.165, 1.54) is 0 Å². The van der Waals surface area contributed by atoms with E-state index >= 15 is 0 Å². The quantitative estimate of drug-likeness (QED) is 0.338. The van der Waals surface area contributed by atoms with Gasteiger partial charge in [-0.05, 0) is 17.7 Å². The van der Waals surface area contributed by atoms with Crippen molar-refractivity contribution in [2.75, 3.05) is 0 Å². The van der Waals surface area contributed by atoms with Crippen LogP contribution in [0.2, 0.25) is 0 Å². The molecule has 0 bridgehead atoms. The first-order chi connectivity index (χ1) is 11.7. The van der Waals surface area contributed by atoms with E-state index in [9.17, 15) is 14.9 Å². The van der Waals surface area contributed by atoms with Gasteiger partial charge in [0.15, 0.2) is 6.29 Å². The molecular formula is C19H12N2O3. The molecule has 4 rings (SSSR count). The topological polar surface area (TPSA) is 76.0 Å². The van der Waals surface area contributed by atoms with Crippen LogP contribution in [0.5, 0.6) is 0 Å². The molecule has 3 aromatic carbocycles. The number of fused-ring (bicyclic) bond motifs is 3. The minimum atomic E-state index is -0.424. The van der Waals surface area contributed by atoms with Crippen LogP contribution >= 0.6 is 0 Å². The molecule has 0 unspecified atom stereocenters. The van der Waals surface area contributed by atoms with Crippen molar-refractivity contribution in [3.8, 4) is 11.1 Å².